The number of hydrogen-bond donors (Lipinski definition) is 2. The van der Waals surface area contributed by atoms with E-state index in [4.69, 9.17) is 4.55 Å². The molecular weight excluding hydrogens is 460 g/mol. The van der Waals surface area contributed by atoms with E-state index in [-0.39, 0.29) is 5.69 Å². The molecule has 1 aromatic heterocycles. The fourth-order valence-corrected chi connectivity index (χ4v) is 3.10. The Labute approximate surface area is 150 Å². The lowest BCUT2D eigenvalue weighted by Gasteiger charge is -2.15. The monoisotopic (exact) mass is 472 g/mol. The number of rotatable bonds is 4. The smallest absolute Gasteiger partial charge is 0.354 e. The number of nitrogens with one attached hydrogen (secondary N) is 1. The topological polar surface area (TPSA) is 79.3 Å². The van der Waals surface area contributed by atoms with Crippen LogP contribution in [-0.2, 0) is 22.0 Å². The van der Waals surface area contributed by atoms with Gasteiger partial charge in [-0.05, 0) is 53.3 Å². The molecule has 0 spiro atoms. The predicted molar refractivity (Wildman–Crippen MR) is 91.7 cm³/mol. The van der Waals surface area contributed by atoms with Gasteiger partial charge in [0, 0.05) is 9.26 Å². The number of aryl methyl sites for hydroxylation is 1. The molecule has 0 radical (unpaired) electrons. The molecule has 0 aliphatic rings. The lowest BCUT2D eigenvalue weighted by Crippen LogP contribution is -2.13. The van der Waals surface area contributed by atoms with Crippen LogP contribution in [0.25, 0.3) is 0 Å². The van der Waals surface area contributed by atoms with Gasteiger partial charge in [-0.2, -0.15) is 21.6 Å². The van der Waals surface area contributed by atoms with Crippen molar-refractivity contribution >= 4 is 44.1 Å². The summed E-state index contributed by atoms with van der Waals surface area (Å²) in [7, 11) is -4.57. The molecule has 0 saturated carbocycles. The SMILES string of the molecule is Cc1ncc(Nc2ccc(CS(=O)(=O)O)c(C(F)(F)F)c2)cc1I. The van der Waals surface area contributed by atoms with Crippen molar-refractivity contribution in [2.45, 2.75) is 18.9 Å². The maximum Gasteiger partial charge on any atom is 0.416 e. The summed E-state index contributed by atoms with van der Waals surface area (Å²) in [5.74, 6) is -1.11. The second kappa shape index (κ2) is 6.84. The third-order valence-electron chi connectivity index (χ3n) is 3.07. The first kappa shape index (κ1) is 18.9. The Morgan fingerprint density at radius 2 is 1.92 bits per heavy atom. The van der Waals surface area contributed by atoms with Crippen LogP contribution in [-0.4, -0.2) is 18.0 Å². The first-order valence-electron chi connectivity index (χ1n) is 6.50. The van der Waals surface area contributed by atoms with Crippen molar-refractivity contribution < 1.29 is 26.1 Å². The van der Waals surface area contributed by atoms with Crippen LogP contribution in [0.4, 0.5) is 24.5 Å². The van der Waals surface area contributed by atoms with Gasteiger partial charge in [0.15, 0.2) is 0 Å². The summed E-state index contributed by atoms with van der Waals surface area (Å²) in [6.45, 7) is 1.80. The molecule has 24 heavy (non-hydrogen) atoms. The third kappa shape index (κ3) is 5.05. The number of hydrogen-bond acceptors (Lipinski definition) is 4. The van der Waals surface area contributed by atoms with Crippen LogP contribution in [0, 0.1) is 10.5 Å². The molecule has 130 valence electrons. The first-order chi connectivity index (χ1) is 11.0. The zero-order valence-corrected chi connectivity index (χ0v) is 15.2. The van der Waals surface area contributed by atoms with Crippen molar-refractivity contribution in [1.82, 2.24) is 4.98 Å². The van der Waals surface area contributed by atoms with E-state index < -0.39 is 33.2 Å². The Balaban J connectivity index is 2.40. The van der Waals surface area contributed by atoms with Crippen LogP contribution in [0.2, 0.25) is 0 Å². The standard InChI is InChI=1S/C14H12F3IN2O3S/c1-8-13(18)5-11(6-19-8)20-10-3-2-9(7-24(21,22)23)12(4-10)14(15,16)17/h2-6,20H,7H2,1H3,(H,21,22,23). The van der Waals surface area contributed by atoms with Crippen molar-refractivity contribution in [2.75, 3.05) is 5.32 Å². The number of benzene rings is 1. The molecule has 0 saturated heterocycles. The molecule has 0 aliphatic carbocycles. The van der Waals surface area contributed by atoms with Gasteiger partial charge < -0.3 is 5.32 Å². The molecule has 2 N–H and O–H groups in total. The summed E-state index contributed by atoms with van der Waals surface area (Å²) in [6, 6.07) is 4.85. The molecule has 10 heteroatoms. The minimum absolute atomic E-state index is 0.128. The van der Waals surface area contributed by atoms with E-state index in [0.29, 0.717) is 5.69 Å². The second-order valence-corrected chi connectivity index (χ2v) is 7.63. The van der Waals surface area contributed by atoms with Gasteiger partial charge >= 0.3 is 6.18 Å². The van der Waals surface area contributed by atoms with Crippen LogP contribution in [0.15, 0.2) is 30.5 Å². The van der Waals surface area contributed by atoms with Gasteiger partial charge in [0.2, 0.25) is 0 Å². The molecule has 0 amide bonds. The van der Waals surface area contributed by atoms with Crippen LogP contribution >= 0.6 is 22.6 Å². The average molecular weight is 472 g/mol. The zero-order valence-electron chi connectivity index (χ0n) is 12.2. The molecule has 5 nitrogen and oxygen atoms in total. The maximum atomic E-state index is 13.1. The number of halogens is 4. The molecule has 0 atom stereocenters. The Hall–Kier alpha value is -1.40. The molecule has 0 aliphatic heterocycles. The molecule has 0 bridgehead atoms. The largest absolute Gasteiger partial charge is 0.416 e. The van der Waals surface area contributed by atoms with Crippen LogP contribution in [0.3, 0.4) is 0 Å². The van der Waals surface area contributed by atoms with Crippen LogP contribution in [0.1, 0.15) is 16.8 Å². The number of anilines is 2. The summed E-state index contributed by atoms with van der Waals surface area (Å²) in [6.07, 6.45) is -3.27. The van der Waals surface area contributed by atoms with E-state index in [9.17, 15) is 21.6 Å². The van der Waals surface area contributed by atoms with Gasteiger partial charge in [-0.15, -0.1) is 0 Å². The molecule has 1 aromatic carbocycles. The van der Waals surface area contributed by atoms with E-state index in [2.05, 4.69) is 32.9 Å². The van der Waals surface area contributed by atoms with Gasteiger partial charge in [0.05, 0.1) is 23.1 Å². The van der Waals surface area contributed by atoms with E-state index in [0.717, 1.165) is 21.4 Å². The minimum Gasteiger partial charge on any atom is -0.354 e. The fraction of sp³-hybridized carbons (Fsp3) is 0.214. The van der Waals surface area contributed by atoms with E-state index >= 15 is 0 Å². The zero-order chi connectivity index (χ0) is 18.1. The number of alkyl halides is 3. The van der Waals surface area contributed by atoms with Crippen molar-refractivity contribution in [3.8, 4) is 0 Å². The summed E-state index contributed by atoms with van der Waals surface area (Å²) >= 11 is 2.06. The van der Waals surface area contributed by atoms with E-state index in [1.807, 2.05) is 0 Å². The van der Waals surface area contributed by atoms with Crippen molar-refractivity contribution in [1.29, 1.82) is 0 Å². The molecule has 0 fully saturated rings. The third-order valence-corrected chi connectivity index (χ3v) is 4.83. The Kier molecular flexibility index (Phi) is 5.40. The highest BCUT2D eigenvalue weighted by atomic mass is 127. The van der Waals surface area contributed by atoms with Crippen molar-refractivity contribution in [3.05, 3.63) is 50.9 Å². The van der Waals surface area contributed by atoms with Gasteiger partial charge in [0.1, 0.15) is 5.75 Å². The summed E-state index contributed by atoms with van der Waals surface area (Å²) in [5, 5.41) is 2.80. The highest BCUT2D eigenvalue weighted by Gasteiger charge is 2.34. The fourth-order valence-electron chi connectivity index (χ4n) is 1.98. The van der Waals surface area contributed by atoms with Gasteiger partial charge in [0.25, 0.3) is 10.1 Å². The Morgan fingerprint density at radius 3 is 2.46 bits per heavy atom. The Bertz CT molecular complexity index is 870. The summed E-state index contributed by atoms with van der Waals surface area (Å²) in [4.78, 5) is 4.11. The minimum atomic E-state index is -4.75. The van der Waals surface area contributed by atoms with Crippen molar-refractivity contribution in [3.63, 3.8) is 0 Å². The summed E-state index contributed by atoms with van der Waals surface area (Å²) in [5.41, 5.74) is -0.226. The number of nitrogens with zero attached hydrogens (tertiary/aromatic N) is 1. The highest BCUT2D eigenvalue weighted by molar-refractivity contribution is 14.1. The van der Waals surface area contributed by atoms with Crippen LogP contribution in [0.5, 0.6) is 0 Å². The van der Waals surface area contributed by atoms with Gasteiger partial charge in [-0.25, -0.2) is 0 Å². The molecule has 2 rings (SSSR count). The van der Waals surface area contributed by atoms with E-state index in [1.54, 1.807) is 13.0 Å². The lowest BCUT2D eigenvalue weighted by atomic mass is 10.1. The Morgan fingerprint density at radius 1 is 1.25 bits per heavy atom. The molecule has 2 aromatic rings. The molecular formula is C14H12F3IN2O3S. The van der Waals surface area contributed by atoms with Gasteiger partial charge in [-0.1, -0.05) is 6.07 Å². The second-order valence-electron chi connectivity index (χ2n) is 5.01. The summed E-state index contributed by atoms with van der Waals surface area (Å²) < 4.78 is 70.8. The predicted octanol–water partition coefficient (Wildman–Crippen LogP) is 4.14. The van der Waals surface area contributed by atoms with Crippen molar-refractivity contribution in [2.24, 2.45) is 0 Å². The highest BCUT2D eigenvalue weighted by Crippen LogP contribution is 2.35. The average Bonchev–Trinajstić information content (AvgIpc) is 2.42. The normalized spacial score (nSPS) is 12.2. The van der Waals surface area contributed by atoms with E-state index in [1.165, 1.54) is 12.3 Å². The number of pyridine rings is 1. The number of aromatic nitrogens is 1. The van der Waals surface area contributed by atoms with Gasteiger partial charge in [-0.3, -0.25) is 9.54 Å². The first-order valence-corrected chi connectivity index (χ1v) is 9.19. The molecule has 1 heterocycles. The van der Waals surface area contributed by atoms with Crippen LogP contribution < -0.4 is 5.32 Å². The lowest BCUT2D eigenvalue weighted by molar-refractivity contribution is -0.138. The molecule has 0 unspecified atom stereocenters. The maximum absolute atomic E-state index is 13.1. The quantitative estimate of drug-likeness (QED) is 0.517.